The van der Waals surface area contributed by atoms with Gasteiger partial charge in [0.15, 0.2) is 11.5 Å². The largest absolute Gasteiger partial charge is 0.383 e. The minimum atomic E-state index is -0.0366. The van der Waals surface area contributed by atoms with Gasteiger partial charge in [0.05, 0.1) is 11.8 Å². The highest BCUT2D eigenvalue weighted by atomic mass is 16.5. The number of allylic oxidation sites excluding steroid dienone is 1. The number of carbonyl (C=O) groups excluding carboxylic acids is 1. The lowest BCUT2D eigenvalue weighted by molar-refractivity contribution is -0.111. The Hall–Kier alpha value is -1.58. The maximum absolute atomic E-state index is 11.2. The van der Waals surface area contributed by atoms with E-state index in [0.717, 1.165) is 0 Å². The fraction of sp³-hybridized carbons (Fsp3) is 0.333. The van der Waals surface area contributed by atoms with Crippen LogP contribution in [0.15, 0.2) is 23.0 Å². The standard InChI is InChI=1S/C9H12N2O2/c1-7(12)8(6-11(2)3)9-4-5-10-13-9/h4-6H,1-3H3. The van der Waals surface area contributed by atoms with Gasteiger partial charge in [-0.1, -0.05) is 5.16 Å². The molecule has 0 unspecified atom stereocenters. The Kier molecular flexibility index (Phi) is 2.84. The molecule has 4 nitrogen and oxygen atoms in total. The molecule has 13 heavy (non-hydrogen) atoms. The predicted octanol–water partition coefficient (Wildman–Crippen LogP) is 1.17. The Bertz CT molecular complexity index is 312. The van der Waals surface area contributed by atoms with E-state index in [1.54, 1.807) is 17.2 Å². The van der Waals surface area contributed by atoms with Crippen LogP contribution in [-0.2, 0) is 4.79 Å². The number of Topliss-reactive ketones (excluding diaryl/α,β-unsaturated/α-hetero) is 1. The molecule has 0 aliphatic heterocycles. The Morgan fingerprint density at radius 2 is 2.31 bits per heavy atom. The van der Waals surface area contributed by atoms with E-state index in [1.165, 1.54) is 13.1 Å². The summed E-state index contributed by atoms with van der Waals surface area (Å²) in [6.45, 7) is 1.50. The summed E-state index contributed by atoms with van der Waals surface area (Å²) < 4.78 is 4.89. The summed E-state index contributed by atoms with van der Waals surface area (Å²) in [5.74, 6) is 0.464. The molecule has 0 radical (unpaired) electrons. The van der Waals surface area contributed by atoms with Crippen LogP contribution in [0.3, 0.4) is 0 Å². The number of hydrogen-bond acceptors (Lipinski definition) is 4. The zero-order valence-corrected chi connectivity index (χ0v) is 7.94. The van der Waals surface area contributed by atoms with E-state index in [1.807, 2.05) is 14.1 Å². The van der Waals surface area contributed by atoms with Crippen LogP contribution in [0, 0.1) is 0 Å². The third-order valence-corrected chi connectivity index (χ3v) is 1.47. The molecule has 4 heteroatoms. The fourth-order valence-electron chi connectivity index (χ4n) is 0.941. The first-order valence-electron chi connectivity index (χ1n) is 3.91. The van der Waals surface area contributed by atoms with Gasteiger partial charge in [0.25, 0.3) is 0 Å². The number of rotatable bonds is 3. The second kappa shape index (κ2) is 3.89. The lowest BCUT2D eigenvalue weighted by Crippen LogP contribution is -2.06. The van der Waals surface area contributed by atoms with Gasteiger partial charge in [-0.05, 0) is 6.92 Å². The number of carbonyl (C=O) groups is 1. The van der Waals surface area contributed by atoms with Crippen LogP contribution in [0.25, 0.3) is 5.57 Å². The van der Waals surface area contributed by atoms with Crippen molar-refractivity contribution in [2.45, 2.75) is 6.92 Å². The first-order valence-corrected chi connectivity index (χ1v) is 3.91. The van der Waals surface area contributed by atoms with Crippen molar-refractivity contribution < 1.29 is 9.32 Å². The molecule has 0 bridgehead atoms. The second-order valence-electron chi connectivity index (χ2n) is 2.94. The number of nitrogens with zero attached hydrogens (tertiary/aromatic N) is 2. The average molecular weight is 180 g/mol. The van der Waals surface area contributed by atoms with Crippen molar-refractivity contribution in [1.82, 2.24) is 10.1 Å². The van der Waals surface area contributed by atoms with Gasteiger partial charge in [0.2, 0.25) is 0 Å². The van der Waals surface area contributed by atoms with E-state index in [9.17, 15) is 4.79 Å². The van der Waals surface area contributed by atoms with Crippen LogP contribution in [0.5, 0.6) is 0 Å². The van der Waals surface area contributed by atoms with Gasteiger partial charge in [0, 0.05) is 26.4 Å². The van der Waals surface area contributed by atoms with Gasteiger partial charge in [-0.2, -0.15) is 0 Å². The first-order chi connectivity index (χ1) is 6.11. The van der Waals surface area contributed by atoms with E-state index >= 15 is 0 Å². The maximum Gasteiger partial charge on any atom is 0.171 e. The Balaban J connectivity index is 3.01. The molecule has 1 aromatic heterocycles. The average Bonchev–Trinajstić information content (AvgIpc) is 2.50. The molecule has 0 aliphatic carbocycles. The SMILES string of the molecule is CC(=O)C(=CN(C)C)c1ccno1. The van der Waals surface area contributed by atoms with E-state index in [2.05, 4.69) is 5.16 Å². The minimum Gasteiger partial charge on any atom is -0.383 e. The van der Waals surface area contributed by atoms with Crippen molar-refractivity contribution >= 4 is 11.4 Å². The number of hydrogen-bond donors (Lipinski definition) is 0. The zero-order valence-electron chi connectivity index (χ0n) is 7.94. The summed E-state index contributed by atoms with van der Waals surface area (Å²) in [7, 11) is 3.69. The molecule has 0 atom stereocenters. The van der Waals surface area contributed by atoms with Crippen molar-refractivity contribution in [3.63, 3.8) is 0 Å². The Labute approximate surface area is 76.8 Å². The van der Waals surface area contributed by atoms with Crippen molar-refractivity contribution in [2.75, 3.05) is 14.1 Å². The molecule has 0 saturated heterocycles. The molecular formula is C9H12N2O2. The van der Waals surface area contributed by atoms with Crippen molar-refractivity contribution in [1.29, 1.82) is 0 Å². The normalized spacial score (nSPS) is 11.5. The summed E-state index contributed by atoms with van der Waals surface area (Å²) in [6, 6.07) is 1.66. The Morgan fingerprint density at radius 3 is 2.69 bits per heavy atom. The number of aromatic nitrogens is 1. The molecule has 0 N–H and O–H groups in total. The molecule has 70 valence electrons. The van der Waals surface area contributed by atoms with Crippen LogP contribution >= 0.6 is 0 Å². The third-order valence-electron chi connectivity index (χ3n) is 1.47. The maximum atomic E-state index is 11.2. The molecule has 1 heterocycles. The van der Waals surface area contributed by atoms with Gasteiger partial charge in [-0.3, -0.25) is 4.79 Å². The monoisotopic (exact) mass is 180 g/mol. The topological polar surface area (TPSA) is 46.3 Å². The van der Waals surface area contributed by atoms with E-state index in [0.29, 0.717) is 11.3 Å². The summed E-state index contributed by atoms with van der Waals surface area (Å²) in [4.78, 5) is 13.0. The fourth-order valence-corrected chi connectivity index (χ4v) is 0.941. The van der Waals surface area contributed by atoms with Gasteiger partial charge in [-0.25, -0.2) is 0 Å². The van der Waals surface area contributed by atoms with Crippen molar-refractivity contribution in [2.24, 2.45) is 0 Å². The first kappa shape index (κ1) is 9.51. The molecule has 0 fully saturated rings. The van der Waals surface area contributed by atoms with Gasteiger partial charge >= 0.3 is 0 Å². The van der Waals surface area contributed by atoms with E-state index in [-0.39, 0.29) is 5.78 Å². The van der Waals surface area contributed by atoms with Crippen LogP contribution in [-0.4, -0.2) is 29.9 Å². The van der Waals surface area contributed by atoms with Gasteiger partial charge in [-0.15, -0.1) is 0 Å². The molecular weight excluding hydrogens is 168 g/mol. The zero-order chi connectivity index (χ0) is 9.84. The van der Waals surface area contributed by atoms with Crippen LogP contribution in [0.2, 0.25) is 0 Å². The second-order valence-corrected chi connectivity index (χ2v) is 2.94. The molecule has 1 rings (SSSR count). The highest BCUT2D eigenvalue weighted by Crippen LogP contribution is 2.14. The summed E-state index contributed by atoms with van der Waals surface area (Å²) >= 11 is 0. The summed E-state index contributed by atoms with van der Waals surface area (Å²) in [5.41, 5.74) is 0.530. The molecule has 0 aliphatic rings. The molecule has 0 spiro atoms. The highest BCUT2D eigenvalue weighted by molar-refractivity contribution is 6.18. The highest BCUT2D eigenvalue weighted by Gasteiger charge is 2.10. The molecule has 0 aromatic carbocycles. The van der Waals surface area contributed by atoms with Crippen molar-refractivity contribution in [3.8, 4) is 0 Å². The van der Waals surface area contributed by atoms with Crippen LogP contribution < -0.4 is 0 Å². The van der Waals surface area contributed by atoms with Crippen LogP contribution in [0.4, 0.5) is 0 Å². The van der Waals surface area contributed by atoms with Crippen molar-refractivity contribution in [3.05, 3.63) is 24.2 Å². The summed E-state index contributed by atoms with van der Waals surface area (Å²) in [6.07, 6.45) is 3.23. The lowest BCUT2D eigenvalue weighted by Gasteiger charge is -2.06. The van der Waals surface area contributed by atoms with Gasteiger partial charge < -0.3 is 9.42 Å². The third kappa shape index (κ3) is 2.43. The van der Waals surface area contributed by atoms with Crippen LogP contribution in [0.1, 0.15) is 12.7 Å². The predicted molar refractivity (Wildman–Crippen MR) is 48.8 cm³/mol. The Morgan fingerprint density at radius 1 is 1.62 bits per heavy atom. The molecule has 1 aromatic rings. The quantitative estimate of drug-likeness (QED) is 0.655. The lowest BCUT2D eigenvalue weighted by atomic mass is 10.1. The minimum absolute atomic E-state index is 0.0366. The van der Waals surface area contributed by atoms with Gasteiger partial charge in [0.1, 0.15) is 0 Å². The number of ketones is 1. The van der Waals surface area contributed by atoms with E-state index in [4.69, 9.17) is 4.52 Å². The van der Waals surface area contributed by atoms with E-state index < -0.39 is 0 Å². The molecule has 0 saturated carbocycles. The summed E-state index contributed by atoms with van der Waals surface area (Å²) in [5, 5.41) is 3.55. The smallest absolute Gasteiger partial charge is 0.171 e. The molecule has 0 amide bonds.